The molecule has 2 aromatic rings. The third-order valence-electron chi connectivity index (χ3n) is 3.84. The molecule has 0 aliphatic heterocycles. The SMILES string of the molecule is CCOC(=O)C(C)(C(=O)OCC)c1ccc(C(=O)c2cccs2)cc1. The Balaban J connectivity index is 2.36. The fourth-order valence-electron chi connectivity index (χ4n) is 2.37. The second-order valence-corrected chi connectivity index (χ2v) is 6.40. The number of carbonyl (C=O) groups is 3. The van der Waals surface area contributed by atoms with E-state index in [0.29, 0.717) is 16.0 Å². The molecule has 0 amide bonds. The molecule has 0 aliphatic carbocycles. The normalized spacial score (nSPS) is 11.0. The third-order valence-corrected chi connectivity index (χ3v) is 4.71. The lowest BCUT2D eigenvalue weighted by molar-refractivity contribution is -0.163. The molecule has 132 valence electrons. The Morgan fingerprint density at radius 1 is 0.960 bits per heavy atom. The highest BCUT2D eigenvalue weighted by Crippen LogP contribution is 2.28. The van der Waals surface area contributed by atoms with Crippen molar-refractivity contribution in [2.75, 3.05) is 13.2 Å². The lowest BCUT2D eigenvalue weighted by Crippen LogP contribution is -2.43. The first-order valence-electron chi connectivity index (χ1n) is 7.98. The second-order valence-electron chi connectivity index (χ2n) is 5.45. The van der Waals surface area contributed by atoms with Gasteiger partial charge in [-0.15, -0.1) is 11.3 Å². The van der Waals surface area contributed by atoms with Gasteiger partial charge in [0.15, 0.2) is 5.41 Å². The minimum Gasteiger partial charge on any atom is -0.465 e. The highest BCUT2D eigenvalue weighted by molar-refractivity contribution is 7.12. The van der Waals surface area contributed by atoms with E-state index >= 15 is 0 Å². The third kappa shape index (κ3) is 3.79. The lowest BCUT2D eigenvalue weighted by Gasteiger charge is -2.25. The molecule has 0 N–H and O–H groups in total. The van der Waals surface area contributed by atoms with E-state index < -0.39 is 17.4 Å². The van der Waals surface area contributed by atoms with Gasteiger partial charge in [-0.25, -0.2) is 0 Å². The Kier molecular flexibility index (Phi) is 6.09. The van der Waals surface area contributed by atoms with Crippen LogP contribution in [-0.4, -0.2) is 30.9 Å². The van der Waals surface area contributed by atoms with Gasteiger partial charge in [-0.3, -0.25) is 14.4 Å². The van der Waals surface area contributed by atoms with Crippen LogP contribution in [0.1, 0.15) is 41.6 Å². The first-order chi connectivity index (χ1) is 11.9. The minimum atomic E-state index is -1.57. The second kappa shape index (κ2) is 8.07. The van der Waals surface area contributed by atoms with Gasteiger partial charge >= 0.3 is 11.9 Å². The van der Waals surface area contributed by atoms with Crippen LogP contribution in [0.15, 0.2) is 41.8 Å². The van der Waals surface area contributed by atoms with E-state index in [2.05, 4.69) is 0 Å². The molecule has 1 aromatic heterocycles. The summed E-state index contributed by atoms with van der Waals surface area (Å²) in [4.78, 5) is 37.8. The van der Waals surface area contributed by atoms with Crippen molar-refractivity contribution in [3.05, 3.63) is 57.8 Å². The van der Waals surface area contributed by atoms with E-state index in [9.17, 15) is 14.4 Å². The van der Waals surface area contributed by atoms with E-state index in [0.717, 1.165) is 0 Å². The Bertz CT molecular complexity index is 729. The van der Waals surface area contributed by atoms with Crippen molar-refractivity contribution in [2.45, 2.75) is 26.2 Å². The van der Waals surface area contributed by atoms with E-state index in [4.69, 9.17) is 9.47 Å². The summed E-state index contributed by atoms with van der Waals surface area (Å²) in [5.74, 6) is -1.45. The van der Waals surface area contributed by atoms with Gasteiger partial charge in [0.1, 0.15) is 0 Å². The first-order valence-corrected chi connectivity index (χ1v) is 8.86. The molecule has 0 unspecified atom stereocenters. The maximum Gasteiger partial charge on any atom is 0.327 e. The van der Waals surface area contributed by atoms with Crippen molar-refractivity contribution < 1.29 is 23.9 Å². The van der Waals surface area contributed by atoms with Crippen LogP contribution in [0.5, 0.6) is 0 Å². The molecule has 0 radical (unpaired) electrons. The van der Waals surface area contributed by atoms with Crippen molar-refractivity contribution in [3.8, 4) is 0 Å². The van der Waals surface area contributed by atoms with Crippen molar-refractivity contribution in [1.82, 2.24) is 0 Å². The van der Waals surface area contributed by atoms with Crippen LogP contribution in [0.3, 0.4) is 0 Å². The van der Waals surface area contributed by atoms with Crippen LogP contribution in [-0.2, 0) is 24.5 Å². The maximum absolute atomic E-state index is 12.4. The van der Waals surface area contributed by atoms with Gasteiger partial charge < -0.3 is 9.47 Å². The summed E-state index contributed by atoms with van der Waals surface area (Å²) < 4.78 is 10.1. The van der Waals surface area contributed by atoms with Crippen LogP contribution in [0, 0.1) is 0 Å². The predicted octanol–water partition coefficient (Wildman–Crippen LogP) is 3.36. The van der Waals surface area contributed by atoms with Gasteiger partial charge in [0.25, 0.3) is 0 Å². The van der Waals surface area contributed by atoms with Gasteiger partial charge in [0.2, 0.25) is 5.78 Å². The number of hydrogen-bond acceptors (Lipinski definition) is 6. The number of esters is 2. The van der Waals surface area contributed by atoms with Gasteiger partial charge in [-0.1, -0.05) is 30.3 Å². The molecule has 0 bridgehead atoms. The van der Waals surface area contributed by atoms with Gasteiger partial charge in [-0.2, -0.15) is 0 Å². The Labute approximate surface area is 150 Å². The average Bonchev–Trinajstić information content (AvgIpc) is 3.15. The summed E-state index contributed by atoms with van der Waals surface area (Å²) in [6, 6.07) is 9.96. The number of hydrogen-bond donors (Lipinski definition) is 0. The fraction of sp³-hybridized carbons (Fsp3) is 0.316. The zero-order chi connectivity index (χ0) is 18.4. The fourth-order valence-corrected chi connectivity index (χ4v) is 3.06. The van der Waals surface area contributed by atoms with Crippen molar-refractivity contribution >= 4 is 29.1 Å². The molecule has 0 spiro atoms. The number of rotatable bonds is 7. The van der Waals surface area contributed by atoms with Crippen molar-refractivity contribution in [3.63, 3.8) is 0 Å². The Hall–Kier alpha value is -2.47. The molecule has 0 saturated carbocycles. The number of ether oxygens (including phenoxy) is 2. The summed E-state index contributed by atoms with van der Waals surface area (Å²) in [5, 5.41) is 1.83. The van der Waals surface area contributed by atoms with E-state index in [1.54, 1.807) is 44.2 Å². The quantitative estimate of drug-likeness (QED) is 0.430. The summed E-state index contributed by atoms with van der Waals surface area (Å²) in [6.07, 6.45) is 0. The highest BCUT2D eigenvalue weighted by atomic mass is 32.1. The van der Waals surface area contributed by atoms with Crippen LogP contribution < -0.4 is 0 Å². The standard InChI is InChI=1S/C19H20O5S/c1-4-23-17(21)19(3,18(22)24-5-2)14-10-8-13(9-11-14)16(20)15-7-6-12-25-15/h6-12H,4-5H2,1-3H3. The summed E-state index contributed by atoms with van der Waals surface area (Å²) in [6.45, 7) is 5.13. The molecule has 5 nitrogen and oxygen atoms in total. The molecular weight excluding hydrogens is 340 g/mol. The number of benzene rings is 1. The van der Waals surface area contributed by atoms with Gasteiger partial charge in [0.05, 0.1) is 18.1 Å². The van der Waals surface area contributed by atoms with Crippen LogP contribution in [0.25, 0.3) is 0 Å². The molecule has 1 heterocycles. The van der Waals surface area contributed by atoms with E-state index in [1.165, 1.54) is 18.3 Å². The number of ketones is 1. The molecule has 6 heteroatoms. The smallest absolute Gasteiger partial charge is 0.327 e. The molecule has 25 heavy (non-hydrogen) atoms. The Morgan fingerprint density at radius 3 is 1.96 bits per heavy atom. The summed E-state index contributed by atoms with van der Waals surface area (Å²) in [5.41, 5.74) is -0.662. The highest BCUT2D eigenvalue weighted by Gasteiger charge is 2.46. The maximum atomic E-state index is 12.4. The molecule has 2 rings (SSSR count). The van der Waals surface area contributed by atoms with Crippen LogP contribution >= 0.6 is 11.3 Å². The molecule has 0 saturated heterocycles. The first kappa shape index (κ1) is 18.9. The van der Waals surface area contributed by atoms with Gasteiger partial charge in [-0.05, 0) is 37.8 Å². The van der Waals surface area contributed by atoms with Gasteiger partial charge in [0, 0.05) is 5.56 Å². The molecular formula is C19H20O5S. The minimum absolute atomic E-state index is 0.101. The number of carbonyl (C=O) groups excluding carboxylic acids is 3. The Morgan fingerprint density at radius 2 is 1.52 bits per heavy atom. The molecule has 1 aromatic carbocycles. The van der Waals surface area contributed by atoms with Crippen LogP contribution in [0.2, 0.25) is 0 Å². The molecule has 0 aliphatic rings. The van der Waals surface area contributed by atoms with E-state index in [-0.39, 0.29) is 19.0 Å². The predicted molar refractivity (Wildman–Crippen MR) is 94.8 cm³/mol. The number of thiophene rings is 1. The lowest BCUT2D eigenvalue weighted by atomic mass is 9.82. The largest absolute Gasteiger partial charge is 0.465 e. The average molecular weight is 360 g/mol. The van der Waals surface area contributed by atoms with E-state index in [1.807, 2.05) is 11.4 Å². The topological polar surface area (TPSA) is 69.7 Å². The summed E-state index contributed by atoms with van der Waals surface area (Å²) in [7, 11) is 0. The van der Waals surface area contributed by atoms with Crippen molar-refractivity contribution in [1.29, 1.82) is 0 Å². The monoisotopic (exact) mass is 360 g/mol. The zero-order valence-corrected chi connectivity index (χ0v) is 15.2. The summed E-state index contributed by atoms with van der Waals surface area (Å²) >= 11 is 1.36. The van der Waals surface area contributed by atoms with Crippen LogP contribution in [0.4, 0.5) is 0 Å². The molecule has 0 atom stereocenters. The molecule has 0 fully saturated rings. The van der Waals surface area contributed by atoms with Crippen molar-refractivity contribution in [2.24, 2.45) is 0 Å². The zero-order valence-electron chi connectivity index (χ0n) is 14.4.